The van der Waals surface area contributed by atoms with Crippen molar-refractivity contribution < 1.29 is 23.0 Å². The zero-order chi connectivity index (χ0) is 25.2. The van der Waals surface area contributed by atoms with E-state index in [2.05, 4.69) is 20.4 Å². The maximum atomic E-state index is 14.9. The van der Waals surface area contributed by atoms with Crippen LogP contribution in [-0.4, -0.2) is 43.4 Å². The maximum absolute atomic E-state index is 14.9. The fraction of sp³-hybridized carbons (Fsp3) is 0.259. The van der Waals surface area contributed by atoms with Crippen molar-refractivity contribution in [3.8, 4) is 22.6 Å². The summed E-state index contributed by atoms with van der Waals surface area (Å²) in [5, 5.41) is 10.4. The minimum Gasteiger partial charge on any atom is -0.494 e. The Hall–Kier alpha value is -4.14. The Morgan fingerprint density at radius 1 is 0.944 bits per heavy atom. The van der Waals surface area contributed by atoms with E-state index in [1.165, 1.54) is 33.5 Å². The molecule has 0 spiro atoms. The molecule has 1 aliphatic rings. The van der Waals surface area contributed by atoms with Crippen LogP contribution in [0.2, 0.25) is 0 Å². The van der Waals surface area contributed by atoms with Crippen LogP contribution in [0.5, 0.6) is 11.5 Å². The van der Waals surface area contributed by atoms with E-state index in [0.717, 1.165) is 24.8 Å². The maximum Gasteiger partial charge on any atom is 0.256 e. The SMILES string of the molecule is COc1cc(OC)c(F)c(-c2ccc3c(NC(=O)c4ccc(N5CCCCC5)cc4)n[nH]c3c2)c1F. The number of nitrogens with one attached hydrogen (secondary N) is 2. The Bertz CT molecular complexity index is 1380. The van der Waals surface area contributed by atoms with Gasteiger partial charge in [0.05, 0.1) is 25.3 Å². The number of carbonyl (C=O) groups excluding carboxylic acids is 1. The number of ether oxygens (including phenoxy) is 2. The highest BCUT2D eigenvalue weighted by Crippen LogP contribution is 2.38. The second kappa shape index (κ2) is 9.85. The molecule has 0 radical (unpaired) electrons. The molecule has 1 aliphatic heterocycles. The first kappa shape index (κ1) is 23.6. The van der Waals surface area contributed by atoms with Crippen LogP contribution in [0.1, 0.15) is 29.6 Å². The summed E-state index contributed by atoms with van der Waals surface area (Å²) in [5.41, 5.74) is 2.12. The van der Waals surface area contributed by atoms with Gasteiger partial charge >= 0.3 is 0 Å². The first-order valence-corrected chi connectivity index (χ1v) is 11.7. The number of benzene rings is 3. The lowest BCUT2D eigenvalue weighted by molar-refractivity contribution is 0.102. The first-order chi connectivity index (χ1) is 17.5. The average molecular weight is 493 g/mol. The lowest BCUT2D eigenvalue weighted by Gasteiger charge is -2.28. The molecular formula is C27H26F2N4O3. The predicted molar refractivity (Wildman–Crippen MR) is 135 cm³/mol. The second-order valence-corrected chi connectivity index (χ2v) is 8.67. The minimum atomic E-state index is -0.837. The molecule has 1 amide bonds. The molecule has 0 atom stereocenters. The van der Waals surface area contributed by atoms with E-state index in [1.807, 2.05) is 12.1 Å². The summed E-state index contributed by atoms with van der Waals surface area (Å²) in [7, 11) is 2.60. The number of nitrogens with zero attached hydrogens (tertiary/aromatic N) is 2. The molecule has 186 valence electrons. The summed E-state index contributed by atoms with van der Waals surface area (Å²) in [6, 6.07) is 13.4. The Kier molecular flexibility index (Phi) is 6.45. The van der Waals surface area contributed by atoms with Crippen LogP contribution in [0.4, 0.5) is 20.3 Å². The smallest absolute Gasteiger partial charge is 0.256 e. The fourth-order valence-electron chi connectivity index (χ4n) is 4.56. The lowest BCUT2D eigenvalue weighted by Crippen LogP contribution is -2.29. The number of H-pyrrole nitrogens is 1. The predicted octanol–water partition coefficient (Wildman–Crippen LogP) is 5.77. The van der Waals surface area contributed by atoms with Crippen molar-refractivity contribution in [3.63, 3.8) is 0 Å². The van der Waals surface area contributed by atoms with Crippen LogP contribution in [-0.2, 0) is 0 Å². The summed E-state index contributed by atoms with van der Waals surface area (Å²) in [4.78, 5) is 15.2. The molecule has 0 aliphatic carbocycles. The van der Waals surface area contributed by atoms with Crippen LogP contribution in [0.3, 0.4) is 0 Å². The average Bonchev–Trinajstić information content (AvgIpc) is 3.31. The van der Waals surface area contributed by atoms with Crippen LogP contribution < -0.4 is 19.7 Å². The molecule has 7 nitrogen and oxygen atoms in total. The zero-order valence-electron chi connectivity index (χ0n) is 20.0. The summed E-state index contributed by atoms with van der Waals surface area (Å²) >= 11 is 0. The van der Waals surface area contributed by atoms with Crippen molar-refractivity contribution in [2.24, 2.45) is 0 Å². The van der Waals surface area contributed by atoms with Gasteiger partial charge in [-0.15, -0.1) is 0 Å². The van der Waals surface area contributed by atoms with Crippen molar-refractivity contribution in [3.05, 3.63) is 65.7 Å². The number of amides is 1. The molecule has 2 N–H and O–H groups in total. The van der Waals surface area contributed by atoms with Gasteiger partial charge in [0.25, 0.3) is 5.91 Å². The molecule has 3 aromatic carbocycles. The lowest BCUT2D eigenvalue weighted by atomic mass is 10.0. The van der Waals surface area contributed by atoms with Crippen LogP contribution >= 0.6 is 0 Å². The Labute approximate surface area is 207 Å². The quantitative estimate of drug-likeness (QED) is 0.357. The van der Waals surface area contributed by atoms with Crippen molar-refractivity contribution in [1.29, 1.82) is 0 Å². The molecule has 0 saturated carbocycles. The van der Waals surface area contributed by atoms with Crippen molar-refractivity contribution in [2.75, 3.05) is 37.5 Å². The highest BCUT2D eigenvalue weighted by molar-refractivity contribution is 6.08. The fourth-order valence-corrected chi connectivity index (χ4v) is 4.56. The zero-order valence-corrected chi connectivity index (χ0v) is 20.0. The van der Waals surface area contributed by atoms with Gasteiger partial charge in [-0.25, -0.2) is 8.78 Å². The largest absolute Gasteiger partial charge is 0.494 e. The van der Waals surface area contributed by atoms with E-state index in [0.29, 0.717) is 22.3 Å². The van der Waals surface area contributed by atoms with Crippen LogP contribution in [0.25, 0.3) is 22.0 Å². The molecule has 5 rings (SSSR count). The third-order valence-corrected chi connectivity index (χ3v) is 6.51. The summed E-state index contributed by atoms with van der Waals surface area (Å²) in [6.45, 7) is 2.06. The van der Waals surface area contributed by atoms with Gasteiger partial charge in [0.1, 0.15) is 0 Å². The van der Waals surface area contributed by atoms with Crippen LogP contribution in [0, 0.1) is 11.6 Å². The number of hydrogen-bond acceptors (Lipinski definition) is 5. The number of methoxy groups -OCH3 is 2. The van der Waals surface area contributed by atoms with E-state index in [9.17, 15) is 13.6 Å². The molecular weight excluding hydrogens is 466 g/mol. The van der Waals surface area contributed by atoms with Crippen molar-refractivity contribution in [2.45, 2.75) is 19.3 Å². The van der Waals surface area contributed by atoms with Gasteiger partial charge in [-0.3, -0.25) is 9.89 Å². The monoisotopic (exact) mass is 492 g/mol. The molecule has 9 heteroatoms. The van der Waals surface area contributed by atoms with Gasteiger partial charge in [0.2, 0.25) is 0 Å². The number of rotatable bonds is 6. The Balaban J connectivity index is 1.39. The molecule has 2 heterocycles. The standard InChI is InChI=1S/C27H26F2N4O3/c1-35-21-15-22(36-2)25(29)23(24(21)28)17-8-11-19-20(14-17)31-32-26(19)30-27(34)16-6-9-18(10-7-16)33-12-4-3-5-13-33/h6-11,14-15H,3-5,12-13H2,1-2H3,(H2,30,31,32,34). The van der Waals surface area contributed by atoms with Crippen molar-refractivity contribution >= 4 is 28.3 Å². The number of carbonyl (C=O) groups is 1. The highest BCUT2D eigenvalue weighted by Gasteiger charge is 2.22. The summed E-state index contributed by atoms with van der Waals surface area (Å²) in [6.07, 6.45) is 3.62. The van der Waals surface area contributed by atoms with Gasteiger partial charge in [0.15, 0.2) is 29.0 Å². The molecule has 1 fully saturated rings. The van der Waals surface area contributed by atoms with Gasteiger partial charge in [0, 0.05) is 35.8 Å². The Morgan fingerprint density at radius 2 is 1.61 bits per heavy atom. The first-order valence-electron chi connectivity index (χ1n) is 11.7. The second-order valence-electron chi connectivity index (χ2n) is 8.67. The molecule has 1 saturated heterocycles. The van der Waals surface area contributed by atoms with E-state index >= 15 is 0 Å². The van der Waals surface area contributed by atoms with E-state index in [-0.39, 0.29) is 28.5 Å². The molecule has 0 bridgehead atoms. The number of hydrogen-bond donors (Lipinski definition) is 2. The molecule has 4 aromatic rings. The number of aromatic nitrogens is 2. The van der Waals surface area contributed by atoms with Crippen molar-refractivity contribution in [1.82, 2.24) is 10.2 Å². The summed E-state index contributed by atoms with van der Waals surface area (Å²) in [5.74, 6) is -1.91. The van der Waals surface area contributed by atoms with E-state index in [4.69, 9.17) is 9.47 Å². The number of fused-ring (bicyclic) bond motifs is 1. The normalized spacial score (nSPS) is 13.6. The highest BCUT2D eigenvalue weighted by atomic mass is 19.1. The number of anilines is 2. The van der Waals surface area contributed by atoms with Gasteiger partial charge in [-0.1, -0.05) is 6.07 Å². The molecule has 36 heavy (non-hydrogen) atoms. The third kappa shape index (κ3) is 4.32. The van der Waals surface area contributed by atoms with Gasteiger partial charge in [-0.05, 0) is 61.2 Å². The van der Waals surface area contributed by atoms with Gasteiger partial charge in [-0.2, -0.15) is 5.10 Å². The number of aromatic amines is 1. The van der Waals surface area contributed by atoms with Crippen LogP contribution in [0.15, 0.2) is 48.5 Å². The third-order valence-electron chi connectivity index (χ3n) is 6.51. The number of piperidine rings is 1. The minimum absolute atomic E-state index is 0.132. The Morgan fingerprint density at radius 3 is 2.25 bits per heavy atom. The molecule has 1 aromatic heterocycles. The summed E-state index contributed by atoms with van der Waals surface area (Å²) < 4.78 is 39.9. The van der Waals surface area contributed by atoms with Gasteiger partial charge < -0.3 is 19.7 Å². The topological polar surface area (TPSA) is 79.5 Å². The number of halogens is 2. The molecule has 0 unspecified atom stereocenters. The van der Waals surface area contributed by atoms with E-state index < -0.39 is 11.6 Å². The van der Waals surface area contributed by atoms with E-state index in [1.54, 1.807) is 30.3 Å².